The van der Waals surface area contributed by atoms with E-state index in [4.69, 9.17) is 16.3 Å². The third-order valence-electron chi connectivity index (χ3n) is 2.93. The van der Waals surface area contributed by atoms with Crippen molar-refractivity contribution in [2.24, 2.45) is 0 Å². The lowest BCUT2D eigenvalue weighted by Gasteiger charge is -2.13. The van der Waals surface area contributed by atoms with Gasteiger partial charge in [-0.25, -0.2) is 4.98 Å². The van der Waals surface area contributed by atoms with Gasteiger partial charge in [0.2, 0.25) is 0 Å². The molecule has 24 heavy (non-hydrogen) atoms. The van der Waals surface area contributed by atoms with E-state index in [1.807, 2.05) is 0 Å². The topological polar surface area (TPSA) is 68.3 Å². The van der Waals surface area contributed by atoms with Gasteiger partial charge in [0.1, 0.15) is 10.8 Å². The van der Waals surface area contributed by atoms with Gasteiger partial charge in [-0.05, 0) is 19.1 Å². The van der Waals surface area contributed by atoms with Crippen molar-refractivity contribution in [2.75, 3.05) is 12.4 Å². The lowest BCUT2D eigenvalue weighted by Crippen LogP contribution is -2.16. The van der Waals surface area contributed by atoms with Gasteiger partial charge in [0.05, 0.1) is 12.8 Å². The second-order valence-corrected chi connectivity index (χ2v) is 5.79. The lowest BCUT2D eigenvalue weighted by atomic mass is 10.1. The average Bonchev–Trinajstić information content (AvgIpc) is 2.99. The standard InChI is InChI=1S/C14H10ClF3N2O3S/c1-6(21)7-3-4-8(23-2)10(15)11(7)20-12(22)13-19-9(5-24-13)14(16,17)18/h3-5H,1-2H3,(H,20,22). The largest absolute Gasteiger partial charge is 0.495 e. The maximum atomic E-state index is 12.6. The van der Waals surface area contributed by atoms with Crippen molar-refractivity contribution in [1.29, 1.82) is 0 Å². The predicted molar refractivity (Wildman–Crippen MR) is 83.1 cm³/mol. The minimum absolute atomic E-state index is 0.0360. The molecule has 1 heterocycles. The molecule has 128 valence electrons. The molecule has 0 atom stereocenters. The van der Waals surface area contributed by atoms with Crippen LogP contribution in [0.15, 0.2) is 17.5 Å². The van der Waals surface area contributed by atoms with Gasteiger partial charge < -0.3 is 10.1 Å². The number of ether oxygens (including phenoxy) is 1. The van der Waals surface area contributed by atoms with E-state index in [0.717, 1.165) is 5.38 Å². The minimum atomic E-state index is -4.65. The van der Waals surface area contributed by atoms with E-state index in [9.17, 15) is 22.8 Å². The molecule has 0 bridgehead atoms. The Hall–Kier alpha value is -2.13. The van der Waals surface area contributed by atoms with Crippen molar-refractivity contribution in [3.63, 3.8) is 0 Å². The van der Waals surface area contributed by atoms with E-state index in [1.165, 1.54) is 26.2 Å². The highest BCUT2D eigenvalue weighted by molar-refractivity contribution is 7.11. The zero-order valence-corrected chi connectivity index (χ0v) is 13.9. The number of ketones is 1. The smallest absolute Gasteiger partial charge is 0.434 e. The first kappa shape index (κ1) is 18.2. The van der Waals surface area contributed by atoms with E-state index >= 15 is 0 Å². The Morgan fingerprint density at radius 1 is 1.33 bits per heavy atom. The number of rotatable bonds is 4. The number of hydrogen-bond acceptors (Lipinski definition) is 5. The molecule has 1 aromatic heterocycles. The number of carbonyl (C=O) groups excluding carboxylic acids is 2. The lowest BCUT2D eigenvalue weighted by molar-refractivity contribution is -0.140. The predicted octanol–water partition coefficient (Wildman–Crippen LogP) is 4.28. The molecule has 0 unspecified atom stereocenters. The van der Waals surface area contributed by atoms with E-state index < -0.39 is 22.8 Å². The first-order chi connectivity index (χ1) is 11.1. The normalized spacial score (nSPS) is 11.2. The molecule has 0 aliphatic rings. The van der Waals surface area contributed by atoms with Gasteiger partial charge >= 0.3 is 6.18 Å². The summed E-state index contributed by atoms with van der Waals surface area (Å²) in [5.41, 5.74) is -1.11. The molecule has 1 aromatic carbocycles. The van der Waals surface area contributed by atoms with E-state index in [2.05, 4.69) is 10.3 Å². The van der Waals surface area contributed by atoms with E-state index in [1.54, 1.807) is 0 Å². The Kier molecular flexibility index (Phi) is 5.14. The Morgan fingerprint density at radius 2 is 2.00 bits per heavy atom. The number of hydrogen-bond donors (Lipinski definition) is 1. The van der Waals surface area contributed by atoms with Crippen molar-refractivity contribution < 1.29 is 27.5 Å². The zero-order valence-electron chi connectivity index (χ0n) is 12.3. The van der Waals surface area contributed by atoms with Crippen LogP contribution in [0.3, 0.4) is 0 Å². The number of halogens is 4. The monoisotopic (exact) mass is 378 g/mol. The van der Waals surface area contributed by atoms with Crippen LogP contribution in [0.2, 0.25) is 5.02 Å². The van der Waals surface area contributed by atoms with Crippen molar-refractivity contribution in [3.8, 4) is 5.75 Å². The number of alkyl halides is 3. The fraction of sp³-hybridized carbons (Fsp3) is 0.214. The zero-order chi connectivity index (χ0) is 18.1. The van der Waals surface area contributed by atoms with Crippen LogP contribution in [-0.2, 0) is 6.18 Å². The second-order valence-electron chi connectivity index (χ2n) is 4.55. The first-order valence-corrected chi connectivity index (χ1v) is 7.62. The molecule has 1 N–H and O–H groups in total. The fourth-order valence-electron chi connectivity index (χ4n) is 1.81. The van der Waals surface area contributed by atoms with Crippen LogP contribution in [0, 0.1) is 0 Å². The van der Waals surface area contributed by atoms with Gasteiger partial charge in [-0.1, -0.05) is 11.6 Å². The Balaban J connectivity index is 2.38. The number of aromatic nitrogens is 1. The van der Waals surface area contributed by atoms with Crippen molar-refractivity contribution in [3.05, 3.63) is 38.8 Å². The van der Waals surface area contributed by atoms with E-state index in [0.29, 0.717) is 11.3 Å². The molecule has 0 aliphatic heterocycles. The number of benzene rings is 1. The highest BCUT2D eigenvalue weighted by Crippen LogP contribution is 2.36. The number of methoxy groups -OCH3 is 1. The van der Waals surface area contributed by atoms with Gasteiger partial charge in [-0.2, -0.15) is 13.2 Å². The molecule has 0 aliphatic carbocycles. The number of thiazole rings is 1. The van der Waals surface area contributed by atoms with Crippen LogP contribution in [0.25, 0.3) is 0 Å². The second kappa shape index (κ2) is 6.78. The number of amides is 1. The fourth-order valence-corrected chi connectivity index (χ4v) is 2.81. The molecule has 10 heteroatoms. The van der Waals surface area contributed by atoms with Gasteiger partial charge in [-0.3, -0.25) is 9.59 Å². The summed E-state index contributed by atoms with van der Waals surface area (Å²) < 4.78 is 42.7. The Labute approximate surface area is 143 Å². The van der Waals surface area contributed by atoms with Crippen LogP contribution < -0.4 is 10.1 Å². The summed E-state index contributed by atoms with van der Waals surface area (Å²) in [6.07, 6.45) is -4.65. The van der Waals surface area contributed by atoms with Gasteiger partial charge in [0.25, 0.3) is 5.91 Å². The van der Waals surface area contributed by atoms with Crippen molar-refractivity contribution in [1.82, 2.24) is 4.98 Å². The molecule has 0 radical (unpaired) electrons. The van der Waals surface area contributed by atoms with Gasteiger partial charge in [0, 0.05) is 10.9 Å². The molecule has 1 amide bonds. The van der Waals surface area contributed by atoms with E-state index in [-0.39, 0.29) is 27.8 Å². The molecule has 0 spiro atoms. The number of carbonyl (C=O) groups is 2. The summed E-state index contributed by atoms with van der Waals surface area (Å²) in [5, 5.41) is 2.61. The summed E-state index contributed by atoms with van der Waals surface area (Å²) >= 11 is 6.61. The highest BCUT2D eigenvalue weighted by atomic mass is 35.5. The molecular weight excluding hydrogens is 369 g/mol. The summed E-state index contributed by atoms with van der Waals surface area (Å²) in [6, 6.07) is 2.84. The molecule has 2 rings (SSSR count). The molecule has 0 saturated carbocycles. The first-order valence-electron chi connectivity index (χ1n) is 6.36. The summed E-state index contributed by atoms with van der Waals surface area (Å²) in [5.74, 6) is -1.09. The summed E-state index contributed by atoms with van der Waals surface area (Å²) in [6.45, 7) is 1.26. The Bertz CT molecular complexity index is 805. The van der Waals surface area contributed by atoms with Gasteiger partial charge in [-0.15, -0.1) is 11.3 Å². The number of nitrogens with zero attached hydrogens (tertiary/aromatic N) is 1. The van der Waals surface area contributed by atoms with Gasteiger partial charge in [0.15, 0.2) is 16.5 Å². The SMILES string of the molecule is COc1ccc(C(C)=O)c(NC(=O)c2nc(C(F)(F)F)cs2)c1Cl. The maximum absolute atomic E-state index is 12.6. The van der Waals surface area contributed by atoms with Crippen LogP contribution in [0.1, 0.15) is 32.8 Å². The Morgan fingerprint density at radius 3 is 2.50 bits per heavy atom. The molecule has 0 fully saturated rings. The van der Waals surface area contributed by atoms with Crippen LogP contribution in [-0.4, -0.2) is 23.8 Å². The highest BCUT2D eigenvalue weighted by Gasteiger charge is 2.34. The van der Waals surface area contributed by atoms with Crippen molar-refractivity contribution >= 4 is 40.3 Å². The average molecular weight is 379 g/mol. The van der Waals surface area contributed by atoms with Crippen LogP contribution >= 0.6 is 22.9 Å². The van der Waals surface area contributed by atoms with Crippen LogP contribution in [0.4, 0.5) is 18.9 Å². The third-order valence-corrected chi connectivity index (χ3v) is 4.15. The molecule has 5 nitrogen and oxygen atoms in total. The number of anilines is 1. The molecule has 2 aromatic rings. The number of nitrogens with one attached hydrogen (secondary N) is 1. The summed E-state index contributed by atoms with van der Waals surface area (Å²) in [7, 11) is 1.34. The quantitative estimate of drug-likeness (QED) is 0.806. The minimum Gasteiger partial charge on any atom is -0.495 e. The van der Waals surface area contributed by atoms with Crippen LogP contribution in [0.5, 0.6) is 5.75 Å². The maximum Gasteiger partial charge on any atom is 0.434 e. The third kappa shape index (κ3) is 3.68. The van der Waals surface area contributed by atoms with Crippen molar-refractivity contribution in [2.45, 2.75) is 13.1 Å². The summed E-state index contributed by atoms with van der Waals surface area (Å²) in [4.78, 5) is 27.0. The molecule has 0 saturated heterocycles. The number of Topliss-reactive ketones (excluding diaryl/α,β-unsaturated/α-hetero) is 1. The molecular formula is C14H10ClF3N2O3S.